The highest BCUT2D eigenvalue weighted by atomic mass is 79.9. The van der Waals surface area contributed by atoms with Gasteiger partial charge in [0.1, 0.15) is 12.4 Å². The molecule has 0 spiro atoms. The molecule has 152 valence electrons. The first-order valence-corrected chi connectivity index (χ1v) is 9.90. The maximum absolute atomic E-state index is 10.8. The van der Waals surface area contributed by atoms with Gasteiger partial charge in [-0.1, -0.05) is 15.9 Å². The van der Waals surface area contributed by atoms with E-state index < -0.39 is 4.92 Å². The molecule has 0 fully saturated rings. The Balaban J connectivity index is 1.67. The number of furan rings is 1. The van der Waals surface area contributed by atoms with Gasteiger partial charge in [-0.05, 0) is 54.4 Å². The molecule has 0 aliphatic heterocycles. The lowest BCUT2D eigenvalue weighted by Gasteiger charge is -2.15. The Kier molecular flexibility index (Phi) is 7.26. The van der Waals surface area contributed by atoms with Crippen molar-refractivity contribution in [2.45, 2.75) is 26.6 Å². The van der Waals surface area contributed by atoms with Crippen LogP contribution in [-0.2, 0) is 19.7 Å². The molecule has 1 heterocycles. The largest absolute Gasteiger partial charge is 0.490 e. The van der Waals surface area contributed by atoms with Crippen LogP contribution in [0.4, 0.5) is 5.69 Å². The van der Waals surface area contributed by atoms with Crippen molar-refractivity contribution in [2.75, 3.05) is 6.61 Å². The predicted molar refractivity (Wildman–Crippen MR) is 112 cm³/mol. The molecular weight excluding hydrogens is 440 g/mol. The van der Waals surface area contributed by atoms with Crippen LogP contribution in [0.3, 0.4) is 0 Å². The van der Waals surface area contributed by atoms with Crippen molar-refractivity contribution in [3.05, 3.63) is 86.3 Å². The monoisotopic (exact) mass is 460 g/mol. The number of nitro groups is 1. The molecule has 1 aromatic heterocycles. The Morgan fingerprint density at radius 3 is 2.52 bits per heavy atom. The molecule has 0 unspecified atom stereocenters. The van der Waals surface area contributed by atoms with E-state index in [1.807, 2.05) is 31.2 Å². The molecule has 0 atom stereocenters. The van der Waals surface area contributed by atoms with Crippen molar-refractivity contribution >= 4 is 21.6 Å². The van der Waals surface area contributed by atoms with Gasteiger partial charge >= 0.3 is 0 Å². The molecule has 0 aliphatic carbocycles. The van der Waals surface area contributed by atoms with E-state index in [9.17, 15) is 10.1 Å². The second kappa shape index (κ2) is 10.1. The van der Waals surface area contributed by atoms with Crippen molar-refractivity contribution in [3.8, 4) is 11.5 Å². The first kappa shape index (κ1) is 20.9. The number of benzene rings is 2. The normalized spacial score (nSPS) is 10.7. The SMILES string of the molecule is CCOc1cc(CNCc2ccco2)c(Br)cc1OCc1ccc([N+](=O)[O-])cc1. The van der Waals surface area contributed by atoms with Crippen LogP contribution in [0.25, 0.3) is 0 Å². The van der Waals surface area contributed by atoms with Gasteiger partial charge in [0.15, 0.2) is 11.5 Å². The summed E-state index contributed by atoms with van der Waals surface area (Å²) in [7, 11) is 0. The van der Waals surface area contributed by atoms with Crippen LogP contribution >= 0.6 is 15.9 Å². The van der Waals surface area contributed by atoms with Gasteiger partial charge in [-0.3, -0.25) is 10.1 Å². The minimum absolute atomic E-state index is 0.0536. The van der Waals surface area contributed by atoms with Crippen molar-refractivity contribution < 1.29 is 18.8 Å². The third kappa shape index (κ3) is 5.82. The molecule has 3 rings (SSSR count). The highest BCUT2D eigenvalue weighted by molar-refractivity contribution is 9.10. The Morgan fingerprint density at radius 2 is 1.86 bits per heavy atom. The maximum atomic E-state index is 10.8. The lowest BCUT2D eigenvalue weighted by Crippen LogP contribution is -2.13. The molecule has 0 radical (unpaired) electrons. The number of halogens is 1. The zero-order valence-corrected chi connectivity index (χ0v) is 17.5. The fraction of sp³-hybridized carbons (Fsp3) is 0.238. The third-order valence-corrected chi connectivity index (χ3v) is 4.89. The summed E-state index contributed by atoms with van der Waals surface area (Å²) in [5, 5.41) is 14.1. The van der Waals surface area contributed by atoms with E-state index >= 15 is 0 Å². The number of hydrogen-bond acceptors (Lipinski definition) is 6. The highest BCUT2D eigenvalue weighted by Gasteiger charge is 2.12. The van der Waals surface area contributed by atoms with Crippen LogP contribution in [0.1, 0.15) is 23.8 Å². The number of nitrogens with zero attached hydrogens (tertiary/aromatic N) is 1. The molecule has 29 heavy (non-hydrogen) atoms. The molecule has 8 heteroatoms. The van der Waals surface area contributed by atoms with Crippen LogP contribution in [0.2, 0.25) is 0 Å². The van der Waals surface area contributed by atoms with E-state index in [1.54, 1.807) is 18.4 Å². The minimum atomic E-state index is -0.423. The van der Waals surface area contributed by atoms with Crippen LogP contribution in [0.5, 0.6) is 11.5 Å². The standard InChI is InChI=1S/C21H21BrN2O5/c1-2-27-20-10-16(12-23-13-18-4-3-9-28-18)19(22)11-21(20)29-14-15-5-7-17(8-6-15)24(25)26/h3-11,23H,2,12-14H2,1H3. The van der Waals surface area contributed by atoms with Crippen molar-refractivity contribution in [3.63, 3.8) is 0 Å². The third-order valence-electron chi connectivity index (χ3n) is 4.15. The topological polar surface area (TPSA) is 86.8 Å². The number of non-ortho nitro benzene ring substituents is 1. The highest BCUT2D eigenvalue weighted by Crippen LogP contribution is 2.34. The Morgan fingerprint density at radius 1 is 1.10 bits per heavy atom. The summed E-state index contributed by atoms with van der Waals surface area (Å²) in [4.78, 5) is 10.3. The van der Waals surface area contributed by atoms with E-state index in [2.05, 4.69) is 21.2 Å². The number of nitrogens with one attached hydrogen (secondary N) is 1. The predicted octanol–water partition coefficient (Wildman–Crippen LogP) is 5.22. The first-order chi connectivity index (χ1) is 14.1. The summed E-state index contributed by atoms with van der Waals surface area (Å²) in [6, 6.07) is 13.9. The summed E-state index contributed by atoms with van der Waals surface area (Å²) in [6.45, 7) is 3.96. The zero-order chi connectivity index (χ0) is 20.6. The minimum Gasteiger partial charge on any atom is -0.490 e. The smallest absolute Gasteiger partial charge is 0.269 e. The molecule has 0 aliphatic rings. The van der Waals surface area contributed by atoms with Crippen LogP contribution in [0.15, 0.2) is 63.7 Å². The molecule has 1 N–H and O–H groups in total. The zero-order valence-electron chi connectivity index (χ0n) is 15.9. The maximum Gasteiger partial charge on any atom is 0.269 e. The van der Waals surface area contributed by atoms with Crippen molar-refractivity contribution in [1.29, 1.82) is 0 Å². The van der Waals surface area contributed by atoms with Gasteiger partial charge in [-0.25, -0.2) is 0 Å². The summed E-state index contributed by atoms with van der Waals surface area (Å²) in [6.07, 6.45) is 1.65. The molecular formula is C21H21BrN2O5. The van der Waals surface area contributed by atoms with E-state index in [4.69, 9.17) is 13.9 Å². The summed E-state index contributed by atoms with van der Waals surface area (Å²) < 4.78 is 17.9. The lowest BCUT2D eigenvalue weighted by atomic mass is 10.2. The molecule has 0 bridgehead atoms. The second-order valence-corrected chi connectivity index (χ2v) is 7.07. The van der Waals surface area contributed by atoms with Gasteiger partial charge < -0.3 is 19.2 Å². The first-order valence-electron chi connectivity index (χ1n) is 9.11. The lowest BCUT2D eigenvalue weighted by molar-refractivity contribution is -0.384. The van der Waals surface area contributed by atoms with Gasteiger partial charge in [0.25, 0.3) is 5.69 Å². The molecule has 3 aromatic rings. The number of hydrogen-bond donors (Lipinski definition) is 1. The fourth-order valence-corrected chi connectivity index (χ4v) is 3.16. The van der Waals surface area contributed by atoms with Crippen molar-refractivity contribution in [1.82, 2.24) is 5.32 Å². The van der Waals surface area contributed by atoms with Gasteiger partial charge in [0, 0.05) is 23.2 Å². The average molecular weight is 461 g/mol. The van der Waals surface area contributed by atoms with Crippen LogP contribution in [0, 0.1) is 10.1 Å². The van der Waals surface area contributed by atoms with E-state index in [-0.39, 0.29) is 12.3 Å². The summed E-state index contributed by atoms with van der Waals surface area (Å²) >= 11 is 3.59. The number of ether oxygens (including phenoxy) is 2. The Bertz CT molecular complexity index is 942. The summed E-state index contributed by atoms with van der Waals surface area (Å²) in [5.74, 6) is 2.12. The summed E-state index contributed by atoms with van der Waals surface area (Å²) in [5.41, 5.74) is 1.92. The van der Waals surface area contributed by atoms with Crippen LogP contribution < -0.4 is 14.8 Å². The number of rotatable bonds is 10. The van der Waals surface area contributed by atoms with E-state index in [0.717, 1.165) is 21.4 Å². The van der Waals surface area contributed by atoms with E-state index in [0.29, 0.717) is 31.2 Å². The van der Waals surface area contributed by atoms with Gasteiger partial charge in [0.2, 0.25) is 0 Å². The molecule has 2 aromatic carbocycles. The van der Waals surface area contributed by atoms with Gasteiger partial charge in [-0.2, -0.15) is 0 Å². The van der Waals surface area contributed by atoms with Gasteiger partial charge in [0.05, 0.1) is 24.3 Å². The Labute approximate surface area is 176 Å². The molecule has 0 saturated carbocycles. The quantitative estimate of drug-likeness (QED) is 0.329. The molecule has 0 saturated heterocycles. The molecule has 7 nitrogen and oxygen atoms in total. The second-order valence-electron chi connectivity index (χ2n) is 6.22. The average Bonchev–Trinajstić information content (AvgIpc) is 3.23. The molecule has 0 amide bonds. The van der Waals surface area contributed by atoms with Crippen LogP contribution in [-0.4, -0.2) is 11.5 Å². The van der Waals surface area contributed by atoms with Crippen molar-refractivity contribution in [2.24, 2.45) is 0 Å². The fourth-order valence-electron chi connectivity index (χ4n) is 2.70. The van der Waals surface area contributed by atoms with E-state index in [1.165, 1.54) is 12.1 Å². The number of nitro benzene ring substituents is 1. The Hall–Kier alpha value is -2.84. The van der Waals surface area contributed by atoms with Gasteiger partial charge in [-0.15, -0.1) is 0 Å².